The van der Waals surface area contributed by atoms with Crippen LogP contribution in [0.2, 0.25) is 5.02 Å². The maximum absolute atomic E-state index is 13.1. The molecule has 2 heterocycles. The summed E-state index contributed by atoms with van der Waals surface area (Å²) in [5.74, 6) is 0.712. The van der Waals surface area contributed by atoms with Gasteiger partial charge in [0.15, 0.2) is 0 Å². The summed E-state index contributed by atoms with van der Waals surface area (Å²) in [6, 6.07) is 11.8. The van der Waals surface area contributed by atoms with E-state index in [1.165, 1.54) is 12.1 Å². The van der Waals surface area contributed by atoms with Crippen LogP contribution in [0.15, 0.2) is 47.3 Å². The van der Waals surface area contributed by atoms with Gasteiger partial charge in [-0.25, -0.2) is 9.55 Å². The van der Waals surface area contributed by atoms with Crippen molar-refractivity contribution in [1.29, 1.82) is 0 Å². The van der Waals surface area contributed by atoms with Crippen LogP contribution in [0.3, 0.4) is 0 Å². The van der Waals surface area contributed by atoms with Crippen LogP contribution in [-0.2, 0) is 0 Å². The third kappa shape index (κ3) is 2.51. The molecule has 1 saturated heterocycles. The molecule has 1 aromatic heterocycles. The molecule has 5 nitrogen and oxygen atoms in total. The van der Waals surface area contributed by atoms with Gasteiger partial charge in [0, 0.05) is 24.2 Å². The second kappa shape index (κ2) is 5.83. The molecule has 1 aliphatic rings. The van der Waals surface area contributed by atoms with Crippen molar-refractivity contribution in [3.63, 3.8) is 0 Å². The zero-order chi connectivity index (χ0) is 16.7. The van der Waals surface area contributed by atoms with Gasteiger partial charge < -0.3 is 10.0 Å². The molecule has 0 atom stereocenters. The van der Waals surface area contributed by atoms with Gasteiger partial charge in [0.1, 0.15) is 5.75 Å². The van der Waals surface area contributed by atoms with Crippen molar-refractivity contribution >= 4 is 28.5 Å². The van der Waals surface area contributed by atoms with E-state index < -0.39 is 0 Å². The summed E-state index contributed by atoms with van der Waals surface area (Å²) in [7, 11) is 0. The average molecular weight is 342 g/mol. The zero-order valence-electron chi connectivity index (χ0n) is 12.9. The monoisotopic (exact) mass is 341 g/mol. The normalized spacial score (nSPS) is 14.5. The number of aromatic hydroxyl groups is 1. The number of hydrogen-bond donors (Lipinski definition) is 1. The smallest absolute Gasteiger partial charge is 0.267 e. The summed E-state index contributed by atoms with van der Waals surface area (Å²) in [6.07, 6.45) is 2.16. The highest BCUT2D eigenvalue weighted by Gasteiger charge is 2.21. The predicted molar refractivity (Wildman–Crippen MR) is 95.5 cm³/mol. The number of phenolic OH excluding ortho intramolecular Hbond substituents is 1. The molecule has 1 aliphatic heterocycles. The third-order valence-electron chi connectivity index (χ3n) is 4.31. The SMILES string of the molecule is O=c1c2ccc(O)cc2nc(N2CCCC2)n1-c1ccc(Cl)cc1. The number of phenols is 1. The fraction of sp³-hybridized carbons (Fsp3) is 0.222. The molecule has 0 bridgehead atoms. The lowest BCUT2D eigenvalue weighted by Gasteiger charge is -2.22. The molecule has 1 N–H and O–H groups in total. The van der Waals surface area contributed by atoms with Gasteiger partial charge >= 0.3 is 0 Å². The van der Waals surface area contributed by atoms with Crippen LogP contribution >= 0.6 is 11.6 Å². The van der Waals surface area contributed by atoms with Gasteiger partial charge in [0.05, 0.1) is 16.6 Å². The number of rotatable bonds is 2. The Labute approximate surface area is 143 Å². The van der Waals surface area contributed by atoms with E-state index in [2.05, 4.69) is 9.88 Å². The fourth-order valence-electron chi connectivity index (χ4n) is 3.11. The fourth-order valence-corrected chi connectivity index (χ4v) is 3.24. The molecule has 24 heavy (non-hydrogen) atoms. The summed E-state index contributed by atoms with van der Waals surface area (Å²) >= 11 is 5.98. The molecule has 2 aromatic carbocycles. The van der Waals surface area contributed by atoms with Crippen LogP contribution in [0.4, 0.5) is 5.95 Å². The molecule has 4 rings (SSSR count). The molecule has 0 unspecified atom stereocenters. The van der Waals surface area contributed by atoms with Gasteiger partial charge in [-0.1, -0.05) is 11.6 Å². The molecule has 0 spiro atoms. The van der Waals surface area contributed by atoms with E-state index in [0.29, 0.717) is 21.9 Å². The second-order valence-corrected chi connectivity index (χ2v) is 6.36. The summed E-state index contributed by atoms with van der Waals surface area (Å²) < 4.78 is 1.63. The van der Waals surface area contributed by atoms with Crippen LogP contribution < -0.4 is 10.5 Å². The van der Waals surface area contributed by atoms with E-state index in [1.807, 2.05) is 12.1 Å². The van der Waals surface area contributed by atoms with Crippen molar-refractivity contribution in [3.05, 3.63) is 57.8 Å². The molecule has 122 valence electrons. The van der Waals surface area contributed by atoms with Crippen molar-refractivity contribution < 1.29 is 5.11 Å². The van der Waals surface area contributed by atoms with Gasteiger partial charge in [-0.05, 0) is 49.2 Å². The highest BCUT2D eigenvalue weighted by atomic mass is 35.5. The summed E-state index contributed by atoms with van der Waals surface area (Å²) in [4.78, 5) is 19.9. The zero-order valence-corrected chi connectivity index (χ0v) is 13.7. The molecule has 0 radical (unpaired) electrons. The number of halogens is 1. The standard InChI is InChI=1S/C18H16ClN3O2/c19-12-3-5-13(6-4-12)22-17(24)15-8-7-14(23)11-16(15)20-18(22)21-9-1-2-10-21/h3-8,11,23H,1-2,9-10H2. The number of nitrogens with zero attached hydrogens (tertiary/aromatic N) is 3. The Kier molecular flexibility index (Phi) is 3.65. The van der Waals surface area contributed by atoms with Crippen LogP contribution in [-0.4, -0.2) is 27.7 Å². The first-order chi connectivity index (χ1) is 11.6. The first kappa shape index (κ1) is 15.0. The Bertz CT molecular complexity index is 960. The quantitative estimate of drug-likeness (QED) is 0.776. The second-order valence-electron chi connectivity index (χ2n) is 5.92. The third-order valence-corrected chi connectivity index (χ3v) is 4.56. The van der Waals surface area contributed by atoms with E-state index in [4.69, 9.17) is 11.6 Å². The van der Waals surface area contributed by atoms with Crippen LogP contribution in [0, 0.1) is 0 Å². The number of fused-ring (bicyclic) bond motifs is 1. The lowest BCUT2D eigenvalue weighted by Crippen LogP contribution is -2.30. The van der Waals surface area contributed by atoms with E-state index in [0.717, 1.165) is 31.6 Å². The van der Waals surface area contributed by atoms with Gasteiger partial charge in [0.25, 0.3) is 5.56 Å². The largest absolute Gasteiger partial charge is 0.508 e. The minimum atomic E-state index is -0.149. The van der Waals surface area contributed by atoms with Gasteiger partial charge in [-0.3, -0.25) is 4.79 Å². The molecular weight excluding hydrogens is 326 g/mol. The first-order valence-electron chi connectivity index (χ1n) is 7.90. The molecule has 0 aliphatic carbocycles. The number of hydrogen-bond acceptors (Lipinski definition) is 4. The Morgan fingerprint density at radius 2 is 1.75 bits per heavy atom. The van der Waals surface area contributed by atoms with Crippen LogP contribution in [0.5, 0.6) is 5.75 Å². The number of benzene rings is 2. The van der Waals surface area contributed by atoms with E-state index >= 15 is 0 Å². The summed E-state index contributed by atoms with van der Waals surface area (Å²) in [6.45, 7) is 1.73. The van der Waals surface area contributed by atoms with Crippen LogP contribution in [0.25, 0.3) is 16.6 Å². The van der Waals surface area contributed by atoms with Gasteiger partial charge in [0.2, 0.25) is 5.95 Å². The minimum absolute atomic E-state index is 0.103. The molecular formula is C18H16ClN3O2. The topological polar surface area (TPSA) is 58.4 Å². The van der Waals surface area contributed by atoms with Crippen LogP contribution in [0.1, 0.15) is 12.8 Å². The molecule has 1 fully saturated rings. The minimum Gasteiger partial charge on any atom is -0.508 e. The van der Waals surface area contributed by atoms with E-state index in [1.54, 1.807) is 22.8 Å². The van der Waals surface area contributed by atoms with Crippen molar-refractivity contribution in [2.45, 2.75) is 12.8 Å². The molecule has 6 heteroatoms. The number of anilines is 1. The van der Waals surface area contributed by atoms with Gasteiger partial charge in [-0.2, -0.15) is 0 Å². The first-order valence-corrected chi connectivity index (χ1v) is 8.28. The van der Waals surface area contributed by atoms with Crippen molar-refractivity contribution in [1.82, 2.24) is 9.55 Å². The van der Waals surface area contributed by atoms with Crippen molar-refractivity contribution in [3.8, 4) is 11.4 Å². The average Bonchev–Trinajstić information content (AvgIpc) is 3.10. The van der Waals surface area contributed by atoms with Gasteiger partial charge in [-0.15, -0.1) is 0 Å². The molecule has 0 amide bonds. The number of aromatic nitrogens is 2. The van der Waals surface area contributed by atoms with E-state index in [-0.39, 0.29) is 11.3 Å². The highest BCUT2D eigenvalue weighted by molar-refractivity contribution is 6.30. The predicted octanol–water partition coefficient (Wildman–Crippen LogP) is 3.34. The Morgan fingerprint density at radius 1 is 1.04 bits per heavy atom. The maximum Gasteiger partial charge on any atom is 0.267 e. The van der Waals surface area contributed by atoms with Crippen molar-refractivity contribution in [2.24, 2.45) is 0 Å². The lowest BCUT2D eigenvalue weighted by molar-refractivity contribution is 0.476. The molecule has 3 aromatic rings. The lowest BCUT2D eigenvalue weighted by atomic mass is 10.2. The Hall–Kier alpha value is -2.53. The Balaban J connectivity index is 2.03. The summed E-state index contributed by atoms with van der Waals surface area (Å²) in [5, 5.41) is 10.8. The highest BCUT2D eigenvalue weighted by Crippen LogP contribution is 2.25. The van der Waals surface area contributed by atoms with Crippen molar-refractivity contribution in [2.75, 3.05) is 18.0 Å². The maximum atomic E-state index is 13.1. The Morgan fingerprint density at radius 3 is 2.46 bits per heavy atom. The summed E-state index contributed by atoms with van der Waals surface area (Å²) in [5.41, 5.74) is 1.09. The molecule has 0 saturated carbocycles. The van der Waals surface area contributed by atoms with E-state index in [9.17, 15) is 9.90 Å².